The molecule has 2 rings (SSSR count). The second kappa shape index (κ2) is 7.71. The standard InChI is InChI=1S/C17H26N2OS.ClH/c1-13-6-8-14(9-7-13)21-17(10-4-5-11-17)15(20)19-12-16(2,3)18;/h6-9H,4-5,10-12,18H2,1-3H3,(H,19,20);1H. The maximum absolute atomic E-state index is 12.7. The van der Waals surface area contributed by atoms with Crippen LogP contribution in [-0.4, -0.2) is 22.7 Å². The smallest absolute Gasteiger partial charge is 0.236 e. The Balaban J connectivity index is 0.00000242. The third-order valence-electron chi connectivity index (χ3n) is 3.86. The molecule has 0 aromatic heterocycles. The lowest BCUT2D eigenvalue weighted by molar-refractivity contribution is -0.123. The molecule has 1 aromatic carbocycles. The molecule has 1 fully saturated rings. The Labute approximate surface area is 144 Å². The highest BCUT2D eigenvalue weighted by atomic mass is 35.5. The number of rotatable bonds is 5. The average Bonchev–Trinajstić information content (AvgIpc) is 2.88. The van der Waals surface area contributed by atoms with Crippen LogP contribution in [0.2, 0.25) is 0 Å². The molecule has 124 valence electrons. The van der Waals surface area contributed by atoms with Gasteiger partial charge in [0.25, 0.3) is 0 Å². The van der Waals surface area contributed by atoms with Gasteiger partial charge < -0.3 is 11.1 Å². The molecule has 0 atom stereocenters. The minimum Gasteiger partial charge on any atom is -0.353 e. The number of nitrogens with one attached hydrogen (secondary N) is 1. The number of thioether (sulfide) groups is 1. The highest BCUT2D eigenvalue weighted by Crippen LogP contribution is 2.45. The van der Waals surface area contributed by atoms with Crippen LogP contribution in [0.1, 0.15) is 45.1 Å². The highest BCUT2D eigenvalue weighted by Gasteiger charge is 2.42. The zero-order chi connectivity index (χ0) is 15.5. The predicted molar refractivity (Wildman–Crippen MR) is 96.8 cm³/mol. The Hall–Kier alpha value is -0.710. The van der Waals surface area contributed by atoms with E-state index in [0.717, 1.165) is 25.7 Å². The number of aryl methyl sites for hydroxylation is 1. The van der Waals surface area contributed by atoms with Crippen molar-refractivity contribution in [1.82, 2.24) is 5.32 Å². The van der Waals surface area contributed by atoms with Crippen molar-refractivity contribution in [2.45, 2.75) is 61.6 Å². The van der Waals surface area contributed by atoms with E-state index in [1.165, 1.54) is 10.5 Å². The fraction of sp³-hybridized carbons (Fsp3) is 0.588. The van der Waals surface area contributed by atoms with Crippen molar-refractivity contribution >= 4 is 30.1 Å². The van der Waals surface area contributed by atoms with Gasteiger partial charge in [-0.05, 0) is 45.7 Å². The normalized spacial score (nSPS) is 16.9. The van der Waals surface area contributed by atoms with Gasteiger partial charge in [0, 0.05) is 17.0 Å². The van der Waals surface area contributed by atoms with Crippen LogP contribution in [0.4, 0.5) is 0 Å². The number of amides is 1. The maximum Gasteiger partial charge on any atom is 0.236 e. The van der Waals surface area contributed by atoms with Gasteiger partial charge in [-0.1, -0.05) is 30.5 Å². The first kappa shape index (κ1) is 19.3. The minimum atomic E-state index is -0.371. The van der Waals surface area contributed by atoms with E-state index in [2.05, 4.69) is 36.5 Å². The quantitative estimate of drug-likeness (QED) is 0.858. The molecule has 5 heteroatoms. The van der Waals surface area contributed by atoms with Crippen molar-refractivity contribution in [3.05, 3.63) is 29.8 Å². The van der Waals surface area contributed by atoms with Gasteiger partial charge in [-0.25, -0.2) is 0 Å². The number of hydrogen-bond donors (Lipinski definition) is 2. The van der Waals surface area contributed by atoms with Gasteiger partial charge in [-0.2, -0.15) is 0 Å². The average molecular weight is 343 g/mol. The van der Waals surface area contributed by atoms with Crippen molar-refractivity contribution < 1.29 is 4.79 Å². The molecule has 22 heavy (non-hydrogen) atoms. The van der Waals surface area contributed by atoms with E-state index in [-0.39, 0.29) is 28.6 Å². The van der Waals surface area contributed by atoms with Crippen LogP contribution >= 0.6 is 24.2 Å². The third-order valence-corrected chi connectivity index (χ3v) is 5.36. The Kier molecular flexibility index (Phi) is 6.78. The van der Waals surface area contributed by atoms with Gasteiger partial charge in [0.2, 0.25) is 5.91 Å². The Morgan fingerprint density at radius 3 is 2.32 bits per heavy atom. The third kappa shape index (κ3) is 5.18. The van der Waals surface area contributed by atoms with E-state index in [1.54, 1.807) is 11.8 Å². The van der Waals surface area contributed by atoms with Crippen molar-refractivity contribution in [2.75, 3.05) is 6.54 Å². The second-order valence-electron chi connectivity index (χ2n) is 6.79. The van der Waals surface area contributed by atoms with E-state index in [1.807, 2.05) is 13.8 Å². The molecule has 0 radical (unpaired) electrons. The number of carbonyl (C=O) groups excluding carboxylic acids is 1. The van der Waals surface area contributed by atoms with Crippen LogP contribution in [-0.2, 0) is 4.79 Å². The molecule has 1 amide bonds. The summed E-state index contributed by atoms with van der Waals surface area (Å²) in [5.41, 5.74) is 6.85. The minimum absolute atomic E-state index is 0. The molecule has 1 aliphatic rings. The van der Waals surface area contributed by atoms with Crippen LogP contribution in [0.5, 0.6) is 0 Å². The lowest BCUT2D eigenvalue weighted by atomic mass is 10.0. The van der Waals surface area contributed by atoms with Gasteiger partial charge >= 0.3 is 0 Å². The van der Waals surface area contributed by atoms with Crippen LogP contribution in [0.25, 0.3) is 0 Å². The lowest BCUT2D eigenvalue weighted by Crippen LogP contribution is -2.50. The van der Waals surface area contributed by atoms with Crippen molar-refractivity contribution in [1.29, 1.82) is 0 Å². The van der Waals surface area contributed by atoms with Crippen molar-refractivity contribution in [2.24, 2.45) is 5.73 Å². The van der Waals surface area contributed by atoms with E-state index in [0.29, 0.717) is 6.54 Å². The topological polar surface area (TPSA) is 55.1 Å². The van der Waals surface area contributed by atoms with Crippen molar-refractivity contribution in [3.8, 4) is 0 Å². The maximum atomic E-state index is 12.7. The van der Waals surface area contributed by atoms with Gasteiger partial charge in [0.15, 0.2) is 0 Å². The first-order chi connectivity index (χ1) is 9.81. The second-order valence-corrected chi connectivity index (χ2v) is 8.24. The summed E-state index contributed by atoms with van der Waals surface area (Å²) in [7, 11) is 0. The SMILES string of the molecule is Cc1ccc(SC2(C(=O)NCC(C)(C)N)CCCC2)cc1.Cl. The van der Waals surface area contributed by atoms with Crippen LogP contribution in [0.15, 0.2) is 29.2 Å². The predicted octanol–water partition coefficient (Wildman–Crippen LogP) is 3.68. The van der Waals surface area contributed by atoms with Gasteiger partial charge in [0.05, 0.1) is 4.75 Å². The van der Waals surface area contributed by atoms with E-state index in [4.69, 9.17) is 5.73 Å². The van der Waals surface area contributed by atoms with Crippen LogP contribution in [0.3, 0.4) is 0 Å². The summed E-state index contributed by atoms with van der Waals surface area (Å²) in [4.78, 5) is 13.9. The summed E-state index contributed by atoms with van der Waals surface area (Å²) >= 11 is 1.71. The molecule has 1 saturated carbocycles. The molecule has 3 N–H and O–H groups in total. The summed E-state index contributed by atoms with van der Waals surface area (Å²) in [5, 5.41) is 3.05. The molecule has 0 spiro atoms. The molecular formula is C17H27ClN2OS. The largest absolute Gasteiger partial charge is 0.353 e. The zero-order valence-corrected chi connectivity index (χ0v) is 15.3. The molecule has 1 aromatic rings. The molecule has 0 bridgehead atoms. The number of halogens is 1. The molecule has 0 aliphatic heterocycles. The summed E-state index contributed by atoms with van der Waals surface area (Å²) in [6.45, 7) is 6.46. The van der Waals surface area contributed by atoms with Gasteiger partial charge in [-0.15, -0.1) is 24.2 Å². The van der Waals surface area contributed by atoms with E-state index < -0.39 is 0 Å². The van der Waals surface area contributed by atoms with Crippen LogP contribution < -0.4 is 11.1 Å². The number of carbonyl (C=O) groups is 1. The summed E-state index contributed by atoms with van der Waals surface area (Å²) < 4.78 is -0.319. The lowest BCUT2D eigenvalue weighted by Gasteiger charge is -2.29. The zero-order valence-electron chi connectivity index (χ0n) is 13.6. The Bertz CT molecular complexity index is 490. The molecule has 0 unspecified atom stereocenters. The number of hydrogen-bond acceptors (Lipinski definition) is 3. The molecule has 1 aliphatic carbocycles. The first-order valence-corrected chi connectivity index (χ1v) is 8.45. The Morgan fingerprint density at radius 1 is 1.27 bits per heavy atom. The summed E-state index contributed by atoms with van der Waals surface area (Å²) in [6.07, 6.45) is 4.14. The summed E-state index contributed by atoms with van der Waals surface area (Å²) in [6, 6.07) is 8.43. The fourth-order valence-electron chi connectivity index (χ4n) is 2.62. The monoisotopic (exact) mass is 342 g/mol. The molecular weight excluding hydrogens is 316 g/mol. The Morgan fingerprint density at radius 2 is 1.82 bits per heavy atom. The molecule has 3 nitrogen and oxygen atoms in total. The van der Waals surface area contributed by atoms with Crippen LogP contribution in [0, 0.1) is 6.92 Å². The summed E-state index contributed by atoms with van der Waals surface area (Å²) in [5.74, 6) is 0.143. The van der Waals surface area contributed by atoms with E-state index >= 15 is 0 Å². The highest BCUT2D eigenvalue weighted by molar-refractivity contribution is 8.01. The number of benzene rings is 1. The van der Waals surface area contributed by atoms with E-state index in [9.17, 15) is 4.79 Å². The van der Waals surface area contributed by atoms with Crippen molar-refractivity contribution in [3.63, 3.8) is 0 Å². The first-order valence-electron chi connectivity index (χ1n) is 7.64. The van der Waals surface area contributed by atoms with Gasteiger partial charge in [-0.3, -0.25) is 4.79 Å². The van der Waals surface area contributed by atoms with Gasteiger partial charge in [0.1, 0.15) is 0 Å². The fourth-order valence-corrected chi connectivity index (χ4v) is 4.00. The molecule has 0 heterocycles. The number of nitrogens with two attached hydrogens (primary N) is 1. The molecule has 0 saturated heterocycles.